The number of carbonyl (C=O) groups is 3. The maximum absolute atomic E-state index is 13.5. The van der Waals surface area contributed by atoms with E-state index in [1.807, 2.05) is 32.8 Å². The fourth-order valence-corrected chi connectivity index (χ4v) is 5.42. The molecule has 9 heteroatoms. The van der Waals surface area contributed by atoms with Gasteiger partial charge in [0.2, 0.25) is 0 Å². The molecule has 0 saturated carbocycles. The third kappa shape index (κ3) is 7.69. The van der Waals surface area contributed by atoms with Crippen molar-refractivity contribution in [1.29, 1.82) is 0 Å². The van der Waals surface area contributed by atoms with E-state index in [0.29, 0.717) is 19.3 Å². The Kier molecular flexibility index (Phi) is 11.0. The van der Waals surface area contributed by atoms with Gasteiger partial charge in [0.25, 0.3) is 0 Å². The van der Waals surface area contributed by atoms with E-state index in [1.165, 1.54) is 26.0 Å². The average Bonchev–Trinajstić information content (AvgIpc) is 2.83. The minimum absolute atomic E-state index is 0.168. The van der Waals surface area contributed by atoms with Crippen molar-refractivity contribution in [2.45, 2.75) is 110 Å². The number of nitrogens with zero attached hydrogens (tertiary/aromatic N) is 1. The summed E-state index contributed by atoms with van der Waals surface area (Å²) in [5.74, 6) is -3.83. The molecular formula is C28H47NO8. The zero-order valence-corrected chi connectivity index (χ0v) is 23.8. The number of esters is 1. The second kappa shape index (κ2) is 12.9. The van der Waals surface area contributed by atoms with Gasteiger partial charge < -0.3 is 29.3 Å². The number of hydrogen-bond donors (Lipinski definition) is 2. The zero-order chi connectivity index (χ0) is 28.2. The van der Waals surface area contributed by atoms with Crippen LogP contribution in [0.25, 0.3) is 0 Å². The number of allylic oxidation sites excluding steroid dienone is 1. The van der Waals surface area contributed by atoms with Crippen LogP contribution in [0.1, 0.15) is 67.7 Å². The quantitative estimate of drug-likeness (QED) is 0.421. The van der Waals surface area contributed by atoms with Crippen molar-refractivity contribution in [3.63, 3.8) is 0 Å². The molecule has 0 aliphatic carbocycles. The van der Waals surface area contributed by atoms with Crippen LogP contribution in [-0.2, 0) is 28.6 Å². The van der Waals surface area contributed by atoms with Crippen molar-refractivity contribution in [3.8, 4) is 0 Å². The van der Waals surface area contributed by atoms with Gasteiger partial charge in [0, 0.05) is 17.9 Å². The summed E-state index contributed by atoms with van der Waals surface area (Å²) in [6.45, 7) is 12.0. The van der Waals surface area contributed by atoms with Crippen LogP contribution in [0, 0.1) is 23.7 Å². The van der Waals surface area contributed by atoms with E-state index in [4.69, 9.17) is 14.2 Å². The second-order valence-corrected chi connectivity index (χ2v) is 11.5. The Hall–Kier alpha value is -1.65. The van der Waals surface area contributed by atoms with Gasteiger partial charge >= 0.3 is 5.97 Å². The highest BCUT2D eigenvalue weighted by Gasteiger charge is 2.44. The molecule has 2 aliphatic heterocycles. The lowest BCUT2D eigenvalue weighted by Gasteiger charge is -2.43. The van der Waals surface area contributed by atoms with Crippen LogP contribution >= 0.6 is 0 Å². The van der Waals surface area contributed by atoms with Crippen LogP contribution in [0.4, 0.5) is 0 Å². The molecule has 1 fully saturated rings. The van der Waals surface area contributed by atoms with Crippen LogP contribution in [0.2, 0.25) is 0 Å². The first-order valence-electron chi connectivity index (χ1n) is 13.5. The first kappa shape index (κ1) is 31.6. The first-order valence-corrected chi connectivity index (χ1v) is 13.5. The Labute approximate surface area is 221 Å². The van der Waals surface area contributed by atoms with Crippen molar-refractivity contribution in [3.05, 3.63) is 12.2 Å². The predicted molar refractivity (Wildman–Crippen MR) is 139 cm³/mol. The maximum atomic E-state index is 13.5. The van der Waals surface area contributed by atoms with Crippen molar-refractivity contribution in [2.75, 3.05) is 14.1 Å². The van der Waals surface area contributed by atoms with Gasteiger partial charge in [0.05, 0.1) is 12.2 Å². The average molecular weight is 526 g/mol. The minimum atomic E-state index is -1.57. The maximum Gasteiger partial charge on any atom is 0.316 e. The van der Waals surface area contributed by atoms with Gasteiger partial charge in [-0.2, -0.15) is 0 Å². The lowest BCUT2D eigenvalue weighted by atomic mass is 9.80. The van der Waals surface area contributed by atoms with E-state index in [0.717, 1.165) is 0 Å². The Bertz CT molecular complexity index is 840. The summed E-state index contributed by atoms with van der Waals surface area (Å²) in [4.78, 5) is 41.3. The number of cyclic esters (lactones) is 1. The number of rotatable bonds is 4. The van der Waals surface area contributed by atoms with Crippen molar-refractivity contribution >= 4 is 17.5 Å². The summed E-state index contributed by atoms with van der Waals surface area (Å²) >= 11 is 0. The molecule has 0 aromatic carbocycles. The van der Waals surface area contributed by atoms with Gasteiger partial charge in [-0.15, -0.1) is 0 Å². The molecule has 37 heavy (non-hydrogen) atoms. The number of ketones is 2. The monoisotopic (exact) mass is 525 g/mol. The Balaban J connectivity index is 2.44. The summed E-state index contributed by atoms with van der Waals surface area (Å²) in [7, 11) is 3.77. The molecule has 212 valence electrons. The smallest absolute Gasteiger partial charge is 0.316 e. The predicted octanol–water partition coefficient (Wildman–Crippen LogP) is 2.51. The normalized spacial score (nSPS) is 43.8. The van der Waals surface area contributed by atoms with Gasteiger partial charge in [0.15, 0.2) is 17.9 Å². The number of hydrogen-bond acceptors (Lipinski definition) is 9. The molecule has 0 aromatic rings. The molecule has 2 aliphatic rings. The Morgan fingerprint density at radius 1 is 1.11 bits per heavy atom. The van der Waals surface area contributed by atoms with Crippen LogP contribution in [0.5, 0.6) is 0 Å². The number of carbonyl (C=O) groups excluding carboxylic acids is 3. The highest BCUT2D eigenvalue weighted by atomic mass is 16.7. The summed E-state index contributed by atoms with van der Waals surface area (Å²) in [5, 5.41) is 21.9. The lowest BCUT2D eigenvalue weighted by Crippen LogP contribution is -2.56. The molecule has 2 rings (SSSR count). The van der Waals surface area contributed by atoms with Crippen LogP contribution in [-0.4, -0.2) is 89.1 Å². The van der Waals surface area contributed by atoms with Gasteiger partial charge in [-0.1, -0.05) is 27.7 Å². The number of aliphatic hydroxyl groups is 2. The highest BCUT2D eigenvalue weighted by molar-refractivity contribution is 6.00. The molecule has 9 nitrogen and oxygen atoms in total. The first-order chi connectivity index (χ1) is 17.1. The van der Waals surface area contributed by atoms with E-state index in [-0.39, 0.29) is 29.6 Å². The second-order valence-electron chi connectivity index (χ2n) is 11.5. The number of aliphatic hydroxyl groups excluding tert-OH is 1. The summed E-state index contributed by atoms with van der Waals surface area (Å²) in [5.41, 5.74) is -1.57. The van der Waals surface area contributed by atoms with E-state index in [9.17, 15) is 24.6 Å². The van der Waals surface area contributed by atoms with Gasteiger partial charge in [-0.05, 0) is 72.2 Å². The number of ether oxygens (including phenoxy) is 3. The summed E-state index contributed by atoms with van der Waals surface area (Å²) in [6, 6.07) is -0.188. The molecule has 11 atom stereocenters. The third-order valence-corrected chi connectivity index (χ3v) is 7.93. The fourth-order valence-electron chi connectivity index (χ4n) is 5.42. The molecule has 1 saturated heterocycles. The van der Waals surface area contributed by atoms with Gasteiger partial charge in [-0.25, -0.2) is 0 Å². The highest BCUT2D eigenvalue weighted by Crippen LogP contribution is 2.32. The Morgan fingerprint density at radius 3 is 2.30 bits per heavy atom. The molecule has 0 amide bonds. The lowest BCUT2D eigenvalue weighted by molar-refractivity contribution is -0.278. The zero-order valence-electron chi connectivity index (χ0n) is 23.8. The van der Waals surface area contributed by atoms with E-state index < -0.39 is 53.9 Å². The van der Waals surface area contributed by atoms with E-state index >= 15 is 0 Å². The van der Waals surface area contributed by atoms with Gasteiger partial charge in [-0.3, -0.25) is 14.4 Å². The van der Waals surface area contributed by atoms with Gasteiger partial charge in [0.1, 0.15) is 23.7 Å². The molecule has 2 heterocycles. The molecule has 0 bridgehead atoms. The minimum Gasteiger partial charge on any atom is -0.458 e. The third-order valence-electron chi connectivity index (χ3n) is 7.93. The topological polar surface area (TPSA) is 123 Å². The molecule has 0 radical (unpaired) electrons. The molecule has 0 aromatic heterocycles. The van der Waals surface area contributed by atoms with Crippen molar-refractivity contribution < 1.29 is 38.8 Å². The Morgan fingerprint density at radius 2 is 1.73 bits per heavy atom. The summed E-state index contributed by atoms with van der Waals surface area (Å²) in [6.07, 6.45) is 0.318. The van der Waals surface area contributed by atoms with E-state index in [2.05, 4.69) is 0 Å². The standard InChI is InChI=1S/C28H47NO8/c1-10-22-28(7,34)12-11-21(30)15(2)13-16(3)25(18(5)23(31)19(6)26(33)36-22)37-27-24(32)20(29(8)9)14-17(4)35-27/h11-12,15-20,22,24-25,27,32,34H,10,13-14H2,1-9H3/b12-11+/t15-,16+,17-,18+,19-,20+,22?,24-,25+,27?,28+/m0/s1. The van der Waals surface area contributed by atoms with Crippen LogP contribution < -0.4 is 0 Å². The summed E-state index contributed by atoms with van der Waals surface area (Å²) < 4.78 is 17.9. The van der Waals surface area contributed by atoms with Crippen molar-refractivity contribution in [2.24, 2.45) is 23.7 Å². The fraction of sp³-hybridized carbons (Fsp3) is 0.821. The molecule has 2 unspecified atom stereocenters. The van der Waals surface area contributed by atoms with Crippen molar-refractivity contribution in [1.82, 2.24) is 4.90 Å². The molecular weight excluding hydrogens is 478 g/mol. The van der Waals surface area contributed by atoms with E-state index in [1.54, 1.807) is 20.8 Å². The number of Topliss-reactive ketones (excluding diaryl/α,β-unsaturated/α-hetero) is 1. The SMILES string of the molecule is CCC1OC(=O)[C@@H](C)C(=O)[C@@H](C)[C@H](OC2O[C@@H](C)C[C@@H](N(C)C)[C@@H]2O)[C@H](C)C[C@H](C)C(=O)/C=C/[C@@]1(C)O. The van der Waals surface area contributed by atoms with Crippen LogP contribution in [0.3, 0.4) is 0 Å². The number of likely N-dealkylation sites (N-methyl/N-ethyl adjacent to an activating group) is 1. The molecule has 0 spiro atoms. The largest absolute Gasteiger partial charge is 0.458 e. The van der Waals surface area contributed by atoms with Crippen LogP contribution in [0.15, 0.2) is 12.2 Å². The molecule has 2 N–H and O–H groups in total.